The first-order valence-electron chi connectivity index (χ1n) is 4.36. The van der Waals surface area contributed by atoms with E-state index in [1.807, 2.05) is 0 Å². The number of hydrogen-bond acceptors (Lipinski definition) is 5. The number of aromatic nitrogens is 1. The quantitative estimate of drug-likeness (QED) is 0.475. The molecule has 0 saturated heterocycles. The Balaban J connectivity index is 2.66. The van der Waals surface area contributed by atoms with Gasteiger partial charge in [0.25, 0.3) is 6.08 Å². The molecule has 1 aromatic rings. The number of thioether (sulfide) groups is 1. The van der Waals surface area contributed by atoms with E-state index in [-0.39, 0.29) is 12.1 Å². The Labute approximate surface area is 105 Å². The minimum Gasteiger partial charge on any atom is -0.233 e. The fourth-order valence-electron chi connectivity index (χ4n) is 0.961. The van der Waals surface area contributed by atoms with Crippen LogP contribution in [0.4, 0.5) is 12.7 Å². The van der Waals surface area contributed by atoms with Gasteiger partial charge in [0.05, 0.1) is 5.69 Å². The molecule has 0 N–H and O–H groups in total. The van der Waals surface area contributed by atoms with Crippen LogP contribution in [0, 0.1) is 6.92 Å². The van der Waals surface area contributed by atoms with Gasteiger partial charge in [0.15, 0.2) is 8.55 Å². The lowest BCUT2D eigenvalue weighted by Gasteiger charge is -1.91. The Bertz CT molecular complexity index is 520. The van der Waals surface area contributed by atoms with Gasteiger partial charge in [0.2, 0.25) is 0 Å². The van der Waals surface area contributed by atoms with Crippen LogP contribution in [-0.4, -0.2) is 19.2 Å². The van der Waals surface area contributed by atoms with Crippen molar-refractivity contribution in [1.29, 1.82) is 0 Å². The van der Waals surface area contributed by atoms with Gasteiger partial charge in [0.1, 0.15) is 0 Å². The summed E-state index contributed by atoms with van der Waals surface area (Å²) in [5.74, 6) is 0.329. The van der Waals surface area contributed by atoms with E-state index in [1.165, 1.54) is 6.92 Å². The smallest absolute Gasteiger partial charge is 0.233 e. The second-order valence-electron chi connectivity index (χ2n) is 2.92. The third kappa shape index (κ3) is 4.68. The largest absolute Gasteiger partial charge is 0.343 e. The Morgan fingerprint density at radius 1 is 1.53 bits per heavy atom. The second-order valence-corrected chi connectivity index (χ2v) is 6.80. The van der Waals surface area contributed by atoms with Gasteiger partial charge in [-0.25, -0.2) is 4.98 Å². The SMILES string of the molecule is Cc1nc(SCCC=C(F)F)sc1S(=O)(=O)F. The standard InChI is InChI=1S/C8H8F3NO2S3/c1-5-7(17(11,13)14)16-8(12-5)15-4-2-3-6(9)10/h3H,2,4H2,1H3. The molecule has 17 heavy (non-hydrogen) atoms. The van der Waals surface area contributed by atoms with Crippen LogP contribution in [0.5, 0.6) is 0 Å². The van der Waals surface area contributed by atoms with Crippen molar-refractivity contribution in [1.82, 2.24) is 4.98 Å². The molecule has 0 aliphatic rings. The molecule has 0 atom stereocenters. The van der Waals surface area contributed by atoms with Gasteiger partial charge in [0, 0.05) is 5.75 Å². The predicted molar refractivity (Wildman–Crippen MR) is 60.8 cm³/mol. The zero-order valence-electron chi connectivity index (χ0n) is 8.61. The molecule has 0 saturated carbocycles. The molecule has 0 amide bonds. The predicted octanol–water partition coefficient (Wildman–Crippen LogP) is 3.37. The van der Waals surface area contributed by atoms with E-state index in [2.05, 4.69) is 4.98 Å². The van der Waals surface area contributed by atoms with Gasteiger partial charge in [-0.15, -0.1) is 0 Å². The molecule has 0 aliphatic heterocycles. The van der Waals surface area contributed by atoms with Gasteiger partial charge < -0.3 is 0 Å². The molecule has 1 aromatic heterocycles. The van der Waals surface area contributed by atoms with Crippen LogP contribution in [0.15, 0.2) is 20.7 Å². The molecule has 0 aliphatic carbocycles. The zero-order chi connectivity index (χ0) is 13.1. The highest BCUT2D eigenvalue weighted by Crippen LogP contribution is 2.31. The summed E-state index contributed by atoms with van der Waals surface area (Å²) < 4.78 is 57.4. The van der Waals surface area contributed by atoms with E-state index >= 15 is 0 Å². The highest BCUT2D eigenvalue weighted by molar-refractivity contribution is 8.01. The molecular formula is C8H8F3NO2S3. The van der Waals surface area contributed by atoms with Crippen LogP contribution < -0.4 is 0 Å². The molecular weight excluding hydrogens is 295 g/mol. The first-order chi connectivity index (χ1) is 7.80. The maximum atomic E-state index is 12.7. The Hall–Kier alpha value is -0.540. The number of hydrogen-bond donors (Lipinski definition) is 0. The zero-order valence-corrected chi connectivity index (χ0v) is 11.1. The van der Waals surface area contributed by atoms with Crippen LogP contribution in [0.3, 0.4) is 0 Å². The molecule has 96 valence electrons. The minimum atomic E-state index is -4.75. The summed E-state index contributed by atoms with van der Waals surface area (Å²) in [7, 11) is -4.75. The fourth-order valence-corrected chi connectivity index (χ4v) is 4.03. The number of aryl methyl sites for hydroxylation is 1. The number of allylic oxidation sites excluding steroid dienone is 1. The van der Waals surface area contributed by atoms with E-state index in [0.29, 0.717) is 21.4 Å². The van der Waals surface area contributed by atoms with Crippen molar-refractivity contribution in [2.24, 2.45) is 0 Å². The maximum absolute atomic E-state index is 12.7. The lowest BCUT2D eigenvalue weighted by atomic mass is 10.5. The first kappa shape index (κ1) is 14.5. The average molecular weight is 303 g/mol. The van der Waals surface area contributed by atoms with Crippen LogP contribution in [-0.2, 0) is 10.2 Å². The van der Waals surface area contributed by atoms with Crippen molar-refractivity contribution in [2.45, 2.75) is 21.9 Å². The van der Waals surface area contributed by atoms with Crippen molar-refractivity contribution in [3.8, 4) is 0 Å². The fraction of sp³-hybridized carbons (Fsp3) is 0.375. The van der Waals surface area contributed by atoms with Gasteiger partial charge >= 0.3 is 10.2 Å². The maximum Gasteiger partial charge on any atom is 0.343 e. The van der Waals surface area contributed by atoms with Crippen LogP contribution in [0.25, 0.3) is 0 Å². The van der Waals surface area contributed by atoms with Crippen LogP contribution in [0.2, 0.25) is 0 Å². The summed E-state index contributed by atoms with van der Waals surface area (Å²) in [4.78, 5) is 3.85. The summed E-state index contributed by atoms with van der Waals surface area (Å²) in [6.45, 7) is 1.38. The number of thiazole rings is 1. The average Bonchev–Trinajstić information content (AvgIpc) is 2.53. The minimum absolute atomic E-state index is 0.0900. The van der Waals surface area contributed by atoms with E-state index in [9.17, 15) is 21.1 Å². The monoisotopic (exact) mass is 303 g/mol. The molecule has 1 heterocycles. The second kappa shape index (κ2) is 5.87. The van der Waals surface area contributed by atoms with E-state index in [1.54, 1.807) is 0 Å². The Morgan fingerprint density at radius 3 is 2.65 bits per heavy atom. The molecule has 0 spiro atoms. The Morgan fingerprint density at radius 2 is 2.18 bits per heavy atom. The topological polar surface area (TPSA) is 47.0 Å². The Kier molecular flexibility index (Phi) is 5.02. The lowest BCUT2D eigenvalue weighted by molar-refractivity contribution is 0.418. The summed E-state index contributed by atoms with van der Waals surface area (Å²) in [6.07, 6.45) is -0.850. The van der Waals surface area contributed by atoms with Crippen molar-refractivity contribution in [2.75, 3.05) is 5.75 Å². The normalized spacial score (nSPS) is 11.5. The summed E-state index contributed by atoms with van der Waals surface area (Å²) in [5, 5.41) is 0. The first-order valence-corrected chi connectivity index (χ1v) is 7.55. The van der Waals surface area contributed by atoms with Crippen molar-refractivity contribution in [3.05, 3.63) is 17.9 Å². The molecule has 0 unspecified atom stereocenters. The van der Waals surface area contributed by atoms with E-state index in [0.717, 1.165) is 17.8 Å². The van der Waals surface area contributed by atoms with Gasteiger partial charge in [-0.1, -0.05) is 27.0 Å². The van der Waals surface area contributed by atoms with Gasteiger partial charge in [-0.2, -0.15) is 17.2 Å². The molecule has 0 aromatic carbocycles. The molecule has 0 bridgehead atoms. The van der Waals surface area contributed by atoms with Crippen molar-refractivity contribution in [3.63, 3.8) is 0 Å². The third-order valence-corrected chi connectivity index (χ3v) is 5.31. The molecule has 1 rings (SSSR count). The number of nitrogens with zero attached hydrogens (tertiary/aromatic N) is 1. The highest BCUT2D eigenvalue weighted by atomic mass is 32.3. The summed E-state index contributed by atoms with van der Waals surface area (Å²) in [5.41, 5.74) is 0.0900. The number of rotatable bonds is 5. The number of halogens is 3. The van der Waals surface area contributed by atoms with Crippen LogP contribution in [0.1, 0.15) is 12.1 Å². The molecule has 3 nitrogen and oxygen atoms in total. The van der Waals surface area contributed by atoms with E-state index < -0.39 is 20.5 Å². The molecule has 9 heteroatoms. The van der Waals surface area contributed by atoms with Gasteiger partial charge in [-0.05, 0) is 19.4 Å². The highest BCUT2D eigenvalue weighted by Gasteiger charge is 2.20. The summed E-state index contributed by atoms with van der Waals surface area (Å²) >= 11 is 1.82. The van der Waals surface area contributed by atoms with E-state index in [4.69, 9.17) is 0 Å². The van der Waals surface area contributed by atoms with Crippen molar-refractivity contribution >= 4 is 33.3 Å². The summed E-state index contributed by atoms with van der Waals surface area (Å²) in [6, 6.07) is 0. The lowest BCUT2D eigenvalue weighted by Crippen LogP contribution is -1.90. The van der Waals surface area contributed by atoms with Gasteiger partial charge in [-0.3, -0.25) is 0 Å². The molecule has 0 fully saturated rings. The molecule has 0 radical (unpaired) electrons. The van der Waals surface area contributed by atoms with Crippen molar-refractivity contribution < 1.29 is 21.1 Å². The van der Waals surface area contributed by atoms with Crippen LogP contribution >= 0.6 is 23.1 Å². The third-order valence-electron chi connectivity index (χ3n) is 1.60.